The van der Waals surface area contributed by atoms with E-state index >= 15 is 0 Å². The van der Waals surface area contributed by atoms with Gasteiger partial charge in [-0.05, 0) is 24.8 Å². The first kappa shape index (κ1) is 12.9. The fourth-order valence-electron chi connectivity index (χ4n) is 1.56. The van der Waals surface area contributed by atoms with E-state index in [1.165, 1.54) is 18.9 Å². The zero-order valence-corrected chi connectivity index (χ0v) is 10.3. The van der Waals surface area contributed by atoms with Gasteiger partial charge in [-0.3, -0.25) is 4.79 Å². The molecule has 4 nitrogen and oxygen atoms in total. The van der Waals surface area contributed by atoms with Crippen LogP contribution in [0.15, 0.2) is 17.0 Å². The number of thioether (sulfide) groups is 1. The summed E-state index contributed by atoms with van der Waals surface area (Å²) >= 11 is 1.46. The van der Waals surface area contributed by atoms with Crippen LogP contribution in [0.5, 0.6) is 5.75 Å². The highest BCUT2D eigenvalue weighted by atomic mass is 32.2. The summed E-state index contributed by atoms with van der Waals surface area (Å²) in [7, 11) is 1.52. The Balaban J connectivity index is 3.41. The van der Waals surface area contributed by atoms with Gasteiger partial charge in [0.25, 0.3) is 0 Å². The predicted molar refractivity (Wildman–Crippen MR) is 64.1 cm³/mol. The van der Waals surface area contributed by atoms with Gasteiger partial charge in [-0.1, -0.05) is 6.07 Å². The molecule has 0 saturated carbocycles. The number of hydrogen-bond donors (Lipinski definition) is 2. The normalized spacial score (nSPS) is 12.2. The number of aliphatic carboxylic acids is 1. The minimum Gasteiger partial charge on any atom is -0.496 e. The summed E-state index contributed by atoms with van der Waals surface area (Å²) in [6.07, 6.45) is 1.88. The van der Waals surface area contributed by atoms with E-state index in [0.717, 1.165) is 10.5 Å². The van der Waals surface area contributed by atoms with Gasteiger partial charge in [0.1, 0.15) is 11.8 Å². The molecule has 1 atom stereocenters. The van der Waals surface area contributed by atoms with Crippen LogP contribution in [-0.2, 0) is 4.79 Å². The van der Waals surface area contributed by atoms with E-state index in [9.17, 15) is 4.79 Å². The van der Waals surface area contributed by atoms with Crippen molar-refractivity contribution in [3.63, 3.8) is 0 Å². The van der Waals surface area contributed by atoms with Crippen molar-refractivity contribution >= 4 is 17.7 Å². The van der Waals surface area contributed by atoms with Gasteiger partial charge in [0.2, 0.25) is 0 Å². The number of hydrogen-bond acceptors (Lipinski definition) is 4. The first-order valence-electron chi connectivity index (χ1n) is 4.72. The lowest BCUT2D eigenvalue weighted by Crippen LogP contribution is -2.22. The second-order valence-electron chi connectivity index (χ2n) is 3.35. The average molecular weight is 241 g/mol. The van der Waals surface area contributed by atoms with Gasteiger partial charge in [-0.2, -0.15) is 0 Å². The molecule has 0 aliphatic heterocycles. The van der Waals surface area contributed by atoms with Crippen molar-refractivity contribution in [2.45, 2.75) is 17.9 Å². The molecule has 5 heteroatoms. The molecule has 0 aliphatic carbocycles. The van der Waals surface area contributed by atoms with Crippen LogP contribution in [0.25, 0.3) is 0 Å². The molecular formula is C11H15NO3S. The molecule has 1 aromatic carbocycles. The molecule has 1 aromatic rings. The molecule has 0 aromatic heterocycles. The van der Waals surface area contributed by atoms with Gasteiger partial charge in [-0.25, -0.2) is 0 Å². The van der Waals surface area contributed by atoms with E-state index < -0.39 is 12.0 Å². The molecule has 0 spiro atoms. The van der Waals surface area contributed by atoms with Crippen molar-refractivity contribution in [1.82, 2.24) is 0 Å². The van der Waals surface area contributed by atoms with Crippen LogP contribution in [0.2, 0.25) is 0 Å². The quantitative estimate of drug-likeness (QED) is 0.786. The van der Waals surface area contributed by atoms with Crippen molar-refractivity contribution in [1.29, 1.82) is 0 Å². The number of aryl methyl sites for hydroxylation is 1. The van der Waals surface area contributed by atoms with Crippen LogP contribution in [0.3, 0.4) is 0 Å². The van der Waals surface area contributed by atoms with Crippen LogP contribution in [-0.4, -0.2) is 24.4 Å². The summed E-state index contributed by atoms with van der Waals surface area (Å²) < 4.78 is 5.23. The van der Waals surface area contributed by atoms with Gasteiger partial charge in [0.05, 0.1) is 7.11 Å². The van der Waals surface area contributed by atoms with Gasteiger partial charge < -0.3 is 15.6 Å². The summed E-state index contributed by atoms with van der Waals surface area (Å²) in [6, 6.07) is 2.70. The molecule has 0 amide bonds. The second-order valence-corrected chi connectivity index (χ2v) is 4.20. The van der Waals surface area contributed by atoms with Crippen LogP contribution in [0.1, 0.15) is 17.2 Å². The molecule has 1 rings (SSSR count). The predicted octanol–water partition coefficient (Wildman–Crippen LogP) is 1.81. The van der Waals surface area contributed by atoms with E-state index in [4.69, 9.17) is 15.6 Å². The van der Waals surface area contributed by atoms with Crippen LogP contribution in [0.4, 0.5) is 0 Å². The van der Waals surface area contributed by atoms with Crippen molar-refractivity contribution in [2.75, 3.05) is 13.4 Å². The minimum atomic E-state index is -1.06. The first-order chi connectivity index (χ1) is 7.52. The number of methoxy groups -OCH3 is 1. The molecule has 88 valence electrons. The fourth-order valence-corrected chi connectivity index (χ4v) is 2.20. The molecule has 16 heavy (non-hydrogen) atoms. The van der Waals surface area contributed by atoms with Gasteiger partial charge in [0, 0.05) is 10.5 Å². The van der Waals surface area contributed by atoms with Crippen molar-refractivity contribution < 1.29 is 14.6 Å². The number of carboxylic acid groups (broad SMARTS) is 1. The molecule has 0 aliphatic rings. The third-order valence-corrected chi connectivity index (χ3v) is 3.15. The summed E-state index contributed by atoms with van der Waals surface area (Å²) in [6.45, 7) is 1.86. The zero-order valence-electron chi connectivity index (χ0n) is 9.48. The number of carboxylic acids is 1. The molecule has 0 saturated heterocycles. The highest BCUT2D eigenvalue weighted by Gasteiger charge is 2.23. The van der Waals surface area contributed by atoms with E-state index in [-0.39, 0.29) is 0 Å². The molecule has 0 heterocycles. The second kappa shape index (κ2) is 5.23. The molecule has 0 fully saturated rings. The maximum absolute atomic E-state index is 11.0. The Morgan fingerprint density at radius 3 is 2.62 bits per heavy atom. The minimum absolute atomic E-state index is 0.544. The van der Waals surface area contributed by atoms with E-state index in [1.54, 1.807) is 0 Å². The molecule has 1 unspecified atom stereocenters. The van der Waals surface area contributed by atoms with Gasteiger partial charge >= 0.3 is 5.97 Å². The monoisotopic (exact) mass is 241 g/mol. The summed E-state index contributed by atoms with van der Waals surface area (Å²) in [5.41, 5.74) is 7.09. The number of nitrogens with two attached hydrogens (primary N) is 1. The molecule has 3 N–H and O–H groups in total. The van der Waals surface area contributed by atoms with Gasteiger partial charge in [-0.15, -0.1) is 11.8 Å². The largest absolute Gasteiger partial charge is 0.496 e. The Labute approximate surface area is 98.8 Å². The standard InChI is InChI=1S/C11H15NO3S/c1-6-4-5-7(16-3)8(10(6)15-2)9(12)11(13)14/h4-5,9H,12H2,1-3H3,(H,13,14). The van der Waals surface area contributed by atoms with Crippen molar-refractivity contribution in [2.24, 2.45) is 5.73 Å². The fraction of sp³-hybridized carbons (Fsp3) is 0.364. The van der Waals surface area contributed by atoms with Crippen molar-refractivity contribution in [3.8, 4) is 5.75 Å². The Hall–Kier alpha value is -1.20. The maximum Gasteiger partial charge on any atom is 0.325 e. The highest BCUT2D eigenvalue weighted by Crippen LogP contribution is 2.35. The Morgan fingerprint density at radius 1 is 1.56 bits per heavy atom. The molecule has 0 bridgehead atoms. The summed E-state index contributed by atoms with van der Waals surface area (Å²) in [5, 5.41) is 8.98. The topological polar surface area (TPSA) is 72.5 Å². The summed E-state index contributed by atoms with van der Waals surface area (Å²) in [5.74, 6) is -0.499. The number of carbonyl (C=O) groups is 1. The van der Waals surface area contributed by atoms with Crippen LogP contribution >= 0.6 is 11.8 Å². The van der Waals surface area contributed by atoms with Crippen molar-refractivity contribution in [3.05, 3.63) is 23.3 Å². The molecular weight excluding hydrogens is 226 g/mol. The SMILES string of the molecule is COc1c(C)ccc(SC)c1C(N)C(=O)O. The zero-order chi connectivity index (χ0) is 12.3. The lowest BCUT2D eigenvalue weighted by Gasteiger charge is -2.17. The van der Waals surface area contributed by atoms with E-state index in [1.807, 2.05) is 25.3 Å². The number of benzene rings is 1. The lowest BCUT2D eigenvalue weighted by molar-refractivity contribution is -0.138. The number of ether oxygens (including phenoxy) is 1. The Kier molecular flexibility index (Phi) is 4.20. The average Bonchev–Trinajstić information content (AvgIpc) is 2.27. The van der Waals surface area contributed by atoms with Crippen LogP contribution < -0.4 is 10.5 Å². The smallest absolute Gasteiger partial charge is 0.325 e. The van der Waals surface area contributed by atoms with Gasteiger partial charge in [0.15, 0.2) is 0 Å². The van der Waals surface area contributed by atoms with E-state index in [0.29, 0.717) is 11.3 Å². The Morgan fingerprint density at radius 2 is 2.19 bits per heavy atom. The lowest BCUT2D eigenvalue weighted by atomic mass is 10.0. The van der Waals surface area contributed by atoms with E-state index in [2.05, 4.69) is 0 Å². The third kappa shape index (κ3) is 2.31. The number of rotatable bonds is 4. The molecule has 0 radical (unpaired) electrons. The first-order valence-corrected chi connectivity index (χ1v) is 5.95. The maximum atomic E-state index is 11.0. The summed E-state index contributed by atoms with van der Waals surface area (Å²) in [4.78, 5) is 11.8. The third-order valence-electron chi connectivity index (χ3n) is 2.35. The van der Waals surface area contributed by atoms with Crippen LogP contribution in [0, 0.1) is 6.92 Å². The highest BCUT2D eigenvalue weighted by molar-refractivity contribution is 7.98. The Bertz CT molecular complexity index is 406.